The van der Waals surface area contributed by atoms with Crippen molar-refractivity contribution in [2.24, 2.45) is 0 Å². The van der Waals surface area contributed by atoms with Gasteiger partial charge in [-0.1, -0.05) is 12.1 Å². The van der Waals surface area contributed by atoms with E-state index in [0.29, 0.717) is 36.6 Å². The molecule has 2 saturated heterocycles. The van der Waals surface area contributed by atoms with Gasteiger partial charge in [0, 0.05) is 25.7 Å². The lowest BCUT2D eigenvalue weighted by molar-refractivity contribution is 0.0329. The van der Waals surface area contributed by atoms with E-state index in [-0.39, 0.29) is 36.6 Å². The SMILES string of the molecule is CCn1c(C(=O)N2CC(F)(I)C2)nc2c(N3CCC(n4c(=O)[nH]c5ccccc54)CC3)ncnc21. The van der Waals surface area contributed by atoms with Gasteiger partial charge in [0.25, 0.3) is 5.91 Å². The van der Waals surface area contributed by atoms with Crippen LogP contribution < -0.4 is 10.6 Å². The van der Waals surface area contributed by atoms with Gasteiger partial charge in [0.05, 0.1) is 24.1 Å². The number of halogens is 2. The number of carbonyl (C=O) groups excluding carboxylic acids is 1. The first kappa shape index (κ1) is 22.4. The second-order valence-electron chi connectivity index (χ2n) is 9.10. The molecule has 2 fully saturated rings. The monoisotopic (exact) mass is 590 g/mol. The molecule has 0 unspecified atom stereocenters. The van der Waals surface area contributed by atoms with Gasteiger partial charge in [-0.15, -0.1) is 0 Å². The molecule has 1 amide bonds. The number of hydrogen-bond donors (Lipinski definition) is 1. The summed E-state index contributed by atoms with van der Waals surface area (Å²) in [5, 5.41) is 0. The van der Waals surface area contributed by atoms with E-state index in [1.165, 1.54) is 11.2 Å². The van der Waals surface area contributed by atoms with Gasteiger partial charge in [-0.3, -0.25) is 9.36 Å². The van der Waals surface area contributed by atoms with Crippen LogP contribution in [0.2, 0.25) is 0 Å². The van der Waals surface area contributed by atoms with E-state index in [2.05, 4.69) is 24.8 Å². The van der Waals surface area contributed by atoms with Crippen molar-refractivity contribution >= 4 is 56.5 Å². The molecule has 5 heterocycles. The third kappa shape index (κ3) is 3.69. The third-order valence-corrected chi connectivity index (χ3v) is 7.59. The first-order valence-electron chi connectivity index (χ1n) is 11.7. The molecule has 35 heavy (non-hydrogen) atoms. The Hall–Kier alpha value is -3.03. The molecule has 1 aromatic carbocycles. The number of carbonyl (C=O) groups is 1. The Morgan fingerprint density at radius 3 is 2.69 bits per heavy atom. The molecule has 4 aromatic rings. The van der Waals surface area contributed by atoms with E-state index >= 15 is 0 Å². The number of imidazole rings is 2. The lowest BCUT2D eigenvalue weighted by atomic mass is 10.0. The zero-order chi connectivity index (χ0) is 24.3. The molecule has 6 rings (SSSR count). The first-order valence-corrected chi connectivity index (χ1v) is 12.8. The Bertz CT molecular complexity index is 1490. The number of nitrogens with zero attached hydrogens (tertiary/aromatic N) is 7. The molecule has 0 aliphatic carbocycles. The molecule has 1 N–H and O–H groups in total. The lowest BCUT2D eigenvalue weighted by Crippen LogP contribution is -2.57. The van der Waals surface area contributed by atoms with Crippen molar-refractivity contribution in [3.8, 4) is 0 Å². The number of likely N-dealkylation sites (tertiary alicyclic amines) is 1. The molecule has 10 nitrogen and oxygen atoms in total. The van der Waals surface area contributed by atoms with Gasteiger partial charge in [0.1, 0.15) is 6.33 Å². The van der Waals surface area contributed by atoms with Gasteiger partial charge in [-0.05, 0) is 54.5 Å². The van der Waals surface area contributed by atoms with E-state index in [0.717, 1.165) is 23.9 Å². The molecule has 0 bridgehead atoms. The Balaban J connectivity index is 1.28. The highest BCUT2D eigenvalue weighted by atomic mass is 127. The van der Waals surface area contributed by atoms with Crippen molar-refractivity contribution in [2.45, 2.75) is 36.0 Å². The van der Waals surface area contributed by atoms with Crippen LogP contribution in [0.4, 0.5) is 10.2 Å². The number of anilines is 1. The van der Waals surface area contributed by atoms with Gasteiger partial charge in [-0.25, -0.2) is 24.1 Å². The normalized spacial score (nSPS) is 18.4. The number of fused-ring (bicyclic) bond motifs is 2. The number of benzene rings is 1. The highest BCUT2D eigenvalue weighted by molar-refractivity contribution is 14.1. The second-order valence-corrected chi connectivity index (χ2v) is 11.0. The molecular weight excluding hydrogens is 566 g/mol. The standard InChI is InChI=1S/C23H24FIN8O2/c1-2-32-19-17(29-20(32)21(34)31-11-23(24,25)12-31)18(26-13-27-19)30-9-7-14(8-10-30)33-16-6-4-3-5-15(16)28-22(33)35/h3-6,13-14H,2,7-12H2,1H3,(H,28,35). The van der Waals surface area contributed by atoms with E-state index in [9.17, 15) is 14.0 Å². The molecule has 0 radical (unpaired) electrons. The number of amides is 1. The number of aromatic amines is 1. The van der Waals surface area contributed by atoms with Crippen molar-refractivity contribution in [1.29, 1.82) is 0 Å². The van der Waals surface area contributed by atoms with Crippen LogP contribution in [0.25, 0.3) is 22.2 Å². The highest BCUT2D eigenvalue weighted by Crippen LogP contribution is 2.34. The summed E-state index contributed by atoms with van der Waals surface area (Å²) >= 11 is 1.73. The number of H-pyrrole nitrogens is 1. The van der Waals surface area contributed by atoms with Crippen molar-refractivity contribution in [3.05, 3.63) is 46.9 Å². The maximum absolute atomic E-state index is 14.0. The summed E-state index contributed by atoms with van der Waals surface area (Å²) in [4.78, 5) is 45.8. The molecule has 2 aliphatic rings. The van der Waals surface area contributed by atoms with Crippen LogP contribution in [0.15, 0.2) is 35.4 Å². The molecule has 182 valence electrons. The Kier molecular flexibility index (Phi) is 5.31. The summed E-state index contributed by atoms with van der Waals surface area (Å²) in [7, 11) is 0. The first-order chi connectivity index (χ1) is 16.9. The number of nitrogens with one attached hydrogen (secondary N) is 1. The summed E-state index contributed by atoms with van der Waals surface area (Å²) in [6.45, 7) is 3.93. The second kappa shape index (κ2) is 8.28. The number of hydrogen-bond acceptors (Lipinski definition) is 6. The third-order valence-electron chi connectivity index (χ3n) is 6.90. The predicted molar refractivity (Wildman–Crippen MR) is 138 cm³/mol. The van der Waals surface area contributed by atoms with E-state index in [4.69, 9.17) is 0 Å². The van der Waals surface area contributed by atoms with Gasteiger partial charge in [0.2, 0.25) is 5.82 Å². The minimum atomic E-state index is -1.38. The van der Waals surface area contributed by atoms with Crippen molar-refractivity contribution in [2.75, 3.05) is 31.1 Å². The van der Waals surface area contributed by atoms with Crippen molar-refractivity contribution in [3.63, 3.8) is 0 Å². The largest absolute Gasteiger partial charge is 0.355 e. The fraction of sp³-hybridized carbons (Fsp3) is 0.435. The number of rotatable bonds is 4. The fourth-order valence-electron chi connectivity index (χ4n) is 5.19. The van der Waals surface area contributed by atoms with Crippen LogP contribution in [0.5, 0.6) is 0 Å². The van der Waals surface area contributed by atoms with Gasteiger partial charge in [0.15, 0.2) is 20.7 Å². The van der Waals surface area contributed by atoms with Crippen LogP contribution in [0.1, 0.15) is 36.4 Å². The Labute approximate surface area is 213 Å². The molecule has 3 aromatic heterocycles. The van der Waals surface area contributed by atoms with E-state index in [1.807, 2.05) is 35.8 Å². The topological polar surface area (TPSA) is 105 Å². The fourth-order valence-corrected chi connectivity index (χ4v) is 6.01. The molecular formula is C23H24FIN8O2. The predicted octanol–water partition coefficient (Wildman–Crippen LogP) is 2.89. The van der Waals surface area contributed by atoms with Crippen LogP contribution in [-0.4, -0.2) is 69.7 Å². The van der Waals surface area contributed by atoms with Crippen molar-refractivity contribution in [1.82, 2.24) is 34.0 Å². The summed E-state index contributed by atoms with van der Waals surface area (Å²) in [5.41, 5.74) is 2.84. The maximum atomic E-state index is 14.0. The molecule has 0 saturated carbocycles. The lowest BCUT2D eigenvalue weighted by Gasteiger charge is -2.40. The van der Waals surface area contributed by atoms with Crippen LogP contribution in [-0.2, 0) is 6.54 Å². The summed E-state index contributed by atoms with van der Waals surface area (Å²) in [6.07, 6.45) is 3.04. The zero-order valence-corrected chi connectivity index (χ0v) is 21.3. The molecule has 2 aliphatic heterocycles. The number of para-hydroxylation sites is 2. The molecule has 0 atom stereocenters. The van der Waals surface area contributed by atoms with Gasteiger partial charge in [-0.2, -0.15) is 0 Å². The number of aryl methyl sites for hydroxylation is 1. The van der Waals surface area contributed by atoms with Crippen LogP contribution in [0, 0.1) is 0 Å². The average molecular weight is 590 g/mol. The molecule has 12 heteroatoms. The summed E-state index contributed by atoms with van der Waals surface area (Å²) in [6, 6.07) is 7.81. The van der Waals surface area contributed by atoms with Gasteiger partial charge >= 0.3 is 5.69 Å². The minimum absolute atomic E-state index is 0.0541. The van der Waals surface area contributed by atoms with E-state index in [1.54, 1.807) is 27.2 Å². The number of piperidine rings is 1. The molecule has 0 spiro atoms. The zero-order valence-electron chi connectivity index (χ0n) is 19.1. The highest BCUT2D eigenvalue weighted by Gasteiger charge is 2.45. The minimum Gasteiger partial charge on any atom is -0.355 e. The Morgan fingerprint density at radius 2 is 1.97 bits per heavy atom. The van der Waals surface area contributed by atoms with Gasteiger partial charge < -0.3 is 19.4 Å². The van der Waals surface area contributed by atoms with Crippen molar-refractivity contribution < 1.29 is 9.18 Å². The number of aromatic nitrogens is 6. The maximum Gasteiger partial charge on any atom is 0.326 e. The van der Waals surface area contributed by atoms with Crippen LogP contribution >= 0.6 is 22.6 Å². The number of alkyl halides is 2. The van der Waals surface area contributed by atoms with E-state index < -0.39 is 3.68 Å². The Morgan fingerprint density at radius 1 is 1.23 bits per heavy atom. The summed E-state index contributed by atoms with van der Waals surface area (Å²) < 4.78 is 16.2. The summed E-state index contributed by atoms with van der Waals surface area (Å²) in [5.74, 6) is 0.646. The quantitative estimate of drug-likeness (QED) is 0.290. The van der Waals surface area contributed by atoms with Crippen LogP contribution in [0.3, 0.4) is 0 Å². The smallest absolute Gasteiger partial charge is 0.326 e. The average Bonchev–Trinajstić information content (AvgIpc) is 3.38.